The Balaban J connectivity index is 2.08. The van der Waals surface area contributed by atoms with Gasteiger partial charge in [-0.05, 0) is 13.0 Å². The minimum absolute atomic E-state index is 0.352. The standard InChI is InChI=1S/C11H16N4OS/c1-7(2)8(12-3)4-10-14-11(15-16-10)9-5-13-6-17-9/h5-8,12H,4H2,1-3H3. The third kappa shape index (κ3) is 2.89. The summed E-state index contributed by atoms with van der Waals surface area (Å²) < 4.78 is 5.25. The van der Waals surface area contributed by atoms with Crippen molar-refractivity contribution in [1.82, 2.24) is 20.4 Å². The molecule has 2 aromatic rings. The Kier molecular flexibility index (Phi) is 3.86. The first kappa shape index (κ1) is 12.2. The average Bonchev–Trinajstić information content (AvgIpc) is 2.95. The Morgan fingerprint density at radius 1 is 1.47 bits per heavy atom. The minimum atomic E-state index is 0.352. The topological polar surface area (TPSA) is 63.8 Å². The van der Waals surface area contributed by atoms with Gasteiger partial charge in [0.2, 0.25) is 11.7 Å². The lowest BCUT2D eigenvalue weighted by Crippen LogP contribution is -2.32. The maximum Gasteiger partial charge on any atom is 0.228 e. The second-order valence-electron chi connectivity index (χ2n) is 4.22. The molecular formula is C11H16N4OS. The number of thiazole rings is 1. The normalized spacial score (nSPS) is 13.2. The Labute approximate surface area is 104 Å². The van der Waals surface area contributed by atoms with Crippen LogP contribution in [0.4, 0.5) is 0 Å². The second kappa shape index (κ2) is 5.37. The van der Waals surface area contributed by atoms with E-state index in [4.69, 9.17) is 4.52 Å². The van der Waals surface area contributed by atoms with Gasteiger partial charge in [0.25, 0.3) is 0 Å². The Bertz CT molecular complexity index is 452. The minimum Gasteiger partial charge on any atom is -0.339 e. The van der Waals surface area contributed by atoms with Gasteiger partial charge >= 0.3 is 0 Å². The smallest absolute Gasteiger partial charge is 0.228 e. The van der Waals surface area contributed by atoms with Gasteiger partial charge in [0.1, 0.15) is 0 Å². The molecule has 1 atom stereocenters. The molecule has 6 heteroatoms. The van der Waals surface area contributed by atoms with E-state index in [1.54, 1.807) is 11.7 Å². The first-order valence-corrected chi connectivity index (χ1v) is 6.47. The van der Waals surface area contributed by atoms with Gasteiger partial charge in [0, 0.05) is 18.7 Å². The maximum atomic E-state index is 5.25. The van der Waals surface area contributed by atoms with E-state index < -0.39 is 0 Å². The fourth-order valence-electron chi connectivity index (χ4n) is 1.62. The van der Waals surface area contributed by atoms with Gasteiger partial charge in [-0.25, -0.2) is 0 Å². The number of nitrogens with one attached hydrogen (secondary N) is 1. The number of nitrogens with zero attached hydrogens (tertiary/aromatic N) is 3. The number of rotatable bonds is 5. The van der Waals surface area contributed by atoms with Crippen LogP contribution in [-0.2, 0) is 6.42 Å². The lowest BCUT2D eigenvalue weighted by Gasteiger charge is -2.17. The lowest BCUT2D eigenvalue weighted by atomic mass is 10.0. The summed E-state index contributed by atoms with van der Waals surface area (Å²) in [5, 5.41) is 7.22. The van der Waals surface area contributed by atoms with Crippen LogP contribution in [0.3, 0.4) is 0 Å². The van der Waals surface area contributed by atoms with Crippen LogP contribution in [0, 0.1) is 5.92 Å². The molecule has 5 nitrogen and oxygen atoms in total. The van der Waals surface area contributed by atoms with Crippen LogP contribution in [0.25, 0.3) is 10.7 Å². The van der Waals surface area contributed by atoms with Gasteiger partial charge in [-0.2, -0.15) is 4.98 Å². The molecule has 1 unspecified atom stereocenters. The Morgan fingerprint density at radius 3 is 2.88 bits per heavy atom. The van der Waals surface area contributed by atoms with Crippen LogP contribution in [0.1, 0.15) is 19.7 Å². The molecule has 0 aliphatic carbocycles. The van der Waals surface area contributed by atoms with E-state index in [0.29, 0.717) is 23.7 Å². The highest BCUT2D eigenvalue weighted by Gasteiger charge is 2.17. The van der Waals surface area contributed by atoms with Crippen molar-refractivity contribution in [3.05, 3.63) is 17.6 Å². The highest BCUT2D eigenvalue weighted by molar-refractivity contribution is 7.13. The molecule has 2 rings (SSSR count). The molecule has 0 bridgehead atoms. The predicted octanol–water partition coefficient (Wildman–Crippen LogP) is 1.98. The number of hydrogen-bond donors (Lipinski definition) is 1. The third-order valence-electron chi connectivity index (χ3n) is 2.69. The van der Waals surface area contributed by atoms with Crippen molar-refractivity contribution in [3.63, 3.8) is 0 Å². The van der Waals surface area contributed by atoms with E-state index in [-0.39, 0.29) is 0 Å². The van der Waals surface area contributed by atoms with Gasteiger partial charge in [0.05, 0.1) is 10.4 Å². The molecule has 92 valence electrons. The predicted molar refractivity (Wildman–Crippen MR) is 66.8 cm³/mol. The summed E-state index contributed by atoms with van der Waals surface area (Å²) in [5.41, 5.74) is 1.76. The van der Waals surface area contributed by atoms with Crippen molar-refractivity contribution in [3.8, 4) is 10.7 Å². The summed E-state index contributed by atoms with van der Waals surface area (Å²) in [6.07, 6.45) is 2.50. The van der Waals surface area contributed by atoms with E-state index >= 15 is 0 Å². The molecule has 0 aromatic carbocycles. The number of hydrogen-bond acceptors (Lipinski definition) is 6. The van der Waals surface area contributed by atoms with E-state index in [9.17, 15) is 0 Å². The molecule has 0 fully saturated rings. The van der Waals surface area contributed by atoms with Gasteiger partial charge in [-0.1, -0.05) is 19.0 Å². The number of likely N-dealkylation sites (N-methyl/N-ethyl adjacent to an activating group) is 1. The molecular weight excluding hydrogens is 236 g/mol. The maximum absolute atomic E-state index is 5.25. The quantitative estimate of drug-likeness (QED) is 0.881. The van der Waals surface area contributed by atoms with Gasteiger partial charge in [0.15, 0.2) is 0 Å². The largest absolute Gasteiger partial charge is 0.339 e. The van der Waals surface area contributed by atoms with E-state index in [2.05, 4.69) is 34.3 Å². The fraction of sp³-hybridized carbons (Fsp3) is 0.545. The average molecular weight is 252 g/mol. The van der Waals surface area contributed by atoms with Crippen molar-refractivity contribution in [1.29, 1.82) is 0 Å². The molecule has 0 amide bonds. The van der Waals surface area contributed by atoms with E-state index in [1.807, 2.05) is 7.05 Å². The molecule has 0 radical (unpaired) electrons. The Hall–Kier alpha value is -1.27. The summed E-state index contributed by atoms with van der Waals surface area (Å²) in [6, 6.07) is 0.352. The first-order valence-electron chi connectivity index (χ1n) is 5.59. The summed E-state index contributed by atoms with van der Waals surface area (Å²) >= 11 is 1.51. The van der Waals surface area contributed by atoms with Crippen LogP contribution in [0.5, 0.6) is 0 Å². The second-order valence-corrected chi connectivity index (χ2v) is 5.11. The fourth-order valence-corrected chi connectivity index (χ4v) is 2.17. The third-order valence-corrected chi connectivity index (χ3v) is 3.46. The highest BCUT2D eigenvalue weighted by atomic mass is 32.1. The van der Waals surface area contributed by atoms with E-state index in [1.165, 1.54) is 11.3 Å². The van der Waals surface area contributed by atoms with Crippen molar-refractivity contribution >= 4 is 11.3 Å². The van der Waals surface area contributed by atoms with Crippen molar-refractivity contribution < 1.29 is 4.52 Å². The molecule has 0 aliphatic heterocycles. The molecule has 2 aromatic heterocycles. The van der Waals surface area contributed by atoms with Crippen molar-refractivity contribution in [2.45, 2.75) is 26.3 Å². The van der Waals surface area contributed by atoms with E-state index in [0.717, 1.165) is 11.3 Å². The van der Waals surface area contributed by atoms with Crippen LogP contribution in [0.15, 0.2) is 16.2 Å². The van der Waals surface area contributed by atoms with Crippen LogP contribution < -0.4 is 5.32 Å². The molecule has 0 aliphatic rings. The van der Waals surface area contributed by atoms with Crippen LogP contribution in [-0.4, -0.2) is 28.2 Å². The van der Waals surface area contributed by atoms with Crippen molar-refractivity contribution in [2.24, 2.45) is 5.92 Å². The summed E-state index contributed by atoms with van der Waals surface area (Å²) in [4.78, 5) is 9.31. The summed E-state index contributed by atoms with van der Waals surface area (Å²) in [6.45, 7) is 4.34. The van der Waals surface area contributed by atoms with Crippen LogP contribution in [0.2, 0.25) is 0 Å². The Morgan fingerprint density at radius 2 is 2.29 bits per heavy atom. The molecule has 0 spiro atoms. The molecule has 1 N–H and O–H groups in total. The van der Waals surface area contributed by atoms with Gasteiger partial charge in [-0.15, -0.1) is 11.3 Å². The zero-order valence-corrected chi connectivity index (χ0v) is 11.0. The molecule has 0 saturated carbocycles. The monoisotopic (exact) mass is 252 g/mol. The lowest BCUT2D eigenvalue weighted by molar-refractivity contribution is 0.335. The van der Waals surface area contributed by atoms with Gasteiger partial charge in [-0.3, -0.25) is 4.98 Å². The van der Waals surface area contributed by atoms with Gasteiger partial charge < -0.3 is 9.84 Å². The SMILES string of the molecule is CNC(Cc1nc(-c2cncs2)no1)C(C)C. The zero-order chi connectivity index (χ0) is 12.3. The zero-order valence-electron chi connectivity index (χ0n) is 10.2. The van der Waals surface area contributed by atoms with Crippen molar-refractivity contribution in [2.75, 3.05) is 7.05 Å². The van der Waals surface area contributed by atoms with Crippen LogP contribution >= 0.6 is 11.3 Å². The summed E-state index contributed by atoms with van der Waals surface area (Å²) in [5.74, 6) is 1.82. The molecule has 2 heterocycles. The molecule has 17 heavy (non-hydrogen) atoms. The number of aromatic nitrogens is 3. The molecule has 0 saturated heterocycles. The first-order chi connectivity index (χ1) is 8.20. The summed E-state index contributed by atoms with van der Waals surface area (Å²) in [7, 11) is 1.95. The highest BCUT2D eigenvalue weighted by Crippen LogP contribution is 2.20.